The Bertz CT molecular complexity index is 330. The van der Waals surface area contributed by atoms with Gasteiger partial charge in [0.1, 0.15) is 9.84 Å². The van der Waals surface area contributed by atoms with Crippen LogP contribution in [0.4, 0.5) is 0 Å². The smallest absolute Gasteiger partial charge is 0.150 e. The van der Waals surface area contributed by atoms with E-state index >= 15 is 0 Å². The van der Waals surface area contributed by atoms with Gasteiger partial charge in [-0.3, -0.25) is 4.90 Å². The van der Waals surface area contributed by atoms with Gasteiger partial charge in [-0.15, -0.1) is 0 Å². The molecule has 2 unspecified atom stereocenters. The number of rotatable bonds is 7. The molecule has 0 radical (unpaired) electrons. The van der Waals surface area contributed by atoms with Crippen LogP contribution in [0.3, 0.4) is 0 Å². The lowest BCUT2D eigenvalue weighted by molar-refractivity contribution is 0.117. The fraction of sp³-hybridized carbons (Fsp3) is 1.00. The average molecular weight is 276 g/mol. The van der Waals surface area contributed by atoms with Gasteiger partial charge >= 0.3 is 0 Å². The van der Waals surface area contributed by atoms with Crippen LogP contribution >= 0.6 is 0 Å². The highest BCUT2D eigenvalue weighted by Crippen LogP contribution is 2.16. The minimum atomic E-state index is -2.81. The second-order valence-corrected chi connectivity index (χ2v) is 7.76. The van der Waals surface area contributed by atoms with E-state index in [1.54, 1.807) is 6.92 Å². The molecule has 1 heterocycles. The largest absolute Gasteiger partial charge is 0.314 e. The van der Waals surface area contributed by atoms with E-state index in [0.29, 0.717) is 17.7 Å². The maximum atomic E-state index is 11.5. The summed E-state index contributed by atoms with van der Waals surface area (Å²) in [6, 6.07) is 0.563. The normalized spacial score (nSPS) is 24.1. The van der Waals surface area contributed by atoms with Crippen molar-refractivity contribution < 1.29 is 8.42 Å². The van der Waals surface area contributed by atoms with Crippen LogP contribution in [0, 0.1) is 5.92 Å². The Kier molecular flexibility index (Phi) is 6.60. The summed E-state index contributed by atoms with van der Waals surface area (Å²) in [5.41, 5.74) is 0. The molecule has 1 aliphatic heterocycles. The first-order valence-electron chi connectivity index (χ1n) is 7.15. The Labute approximate surface area is 112 Å². The molecule has 0 aromatic heterocycles. The van der Waals surface area contributed by atoms with Gasteiger partial charge in [-0.25, -0.2) is 8.42 Å². The minimum Gasteiger partial charge on any atom is -0.314 e. The molecule has 0 bridgehead atoms. The van der Waals surface area contributed by atoms with Gasteiger partial charge in [0.25, 0.3) is 0 Å². The molecule has 0 saturated carbocycles. The highest BCUT2D eigenvalue weighted by atomic mass is 32.2. The Morgan fingerprint density at radius 3 is 2.72 bits per heavy atom. The van der Waals surface area contributed by atoms with E-state index in [2.05, 4.69) is 24.1 Å². The Morgan fingerprint density at radius 1 is 1.39 bits per heavy atom. The first-order valence-corrected chi connectivity index (χ1v) is 8.97. The highest BCUT2D eigenvalue weighted by molar-refractivity contribution is 7.91. The number of nitrogens with one attached hydrogen (secondary N) is 1. The number of sulfone groups is 1. The summed E-state index contributed by atoms with van der Waals surface area (Å²) in [7, 11) is -2.81. The zero-order valence-electron chi connectivity index (χ0n) is 12.0. The topological polar surface area (TPSA) is 49.4 Å². The highest BCUT2D eigenvalue weighted by Gasteiger charge is 2.25. The Morgan fingerprint density at radius 2 is 2.11 bits per heavy atom. The molecular weight excluding hydrogens is 248 g/mol. The van der Waals surface area contributed by atoms with Crippen LogP contribution in [0.2, 0.25) is 0 Å². The van der Waals surface area contributed by atoms with E-state index in [9.17, 15) is 8.42 Å². The Balaban J connectivity index is 2.43. The summed E-state index contributed by atoms with van der Waals surface area (Å²) in [6.07, 6.45) is 1.94. The van der Waals surface area contributed by atoms with Crippen molar-refractivity contribution in [3.8, 4) is 0 Å². The van der Waals surface area contributed by atoms with Gasteiger partial charge in [0.2, 0.25) is 0 Å². The van der Waals surface area contributed by atoms with Gasteiger partial charge < -0.3 is 5.32 Å². The van der Waals surface area contributed by atoms with E-state index in [1.165, 1.54) is 6.42 Å². The molecule has 0 aliphatic carbocycles. The van der Waals surface area contributed by atoms with Crippen LogP contribution in [0.1, 0.15) is 33.6 Å². The lowest BCUT2D eigenvalue weighted by Crippen LogP contribution is -2.54. The second-order valence-electron chi connectivity index (χ2n) is 5.28. The van der Waals surface area contributed by atoms with Crippen molar-refractivity contribution >= 4 is 9.84 Å². The second kappa shape index (κ2) is 7.46. The van der Waals surface area contributed by atoms with Gasteiger partial charge in [0, 0.05) is 31.4 Å². The summed E-state index contributed by atoms with van der Waals surface area (Å²) in [6.45, 7) is 10.2. The molecule has 1 rings (SSSR count). The van der Waals surface area contributed by atoms with Gasteiger partial charge in [-0.1, -0.05) is 27.2 Å². The van der Waals surface area contributed by atoms with Gasteiger partial charge in [-0.2, -0.15) is 0 Å². The molecule has 2 atom stereocenters. The first kappa shape index (κ1) is 15.9. The molecule has 0 aromatic carbocycles. The monoisotopic (exact) mass is 276 g/mol. The van der Waals surface area contributed by atoms with Gasteiger partial charge in [0.15, 0.2) is 0 Å². The van der Waals surface area contributed by atoms with Gasteiger partial charge in [0.05, 0.1) is 5.75 Å². The van der Waals surface area contributed by atoms with Crippen molar-refractivity contribution in [3.63, 3.8) is 0 Å². The molecule has 1 N–H and O–H groups in total. The zero-order chi connectivity index (χ0) is 13.6. The molecule has 0 aromatic rings. The summed E-state index contributed by atoms with van der Waals surface area (Å²) in [5.74, 6) is 1.27. The molecule has 108 valence electrons. The number of hydrogen-bond donors (Lipinski definition) is 1. The summed E-state index contributed by atoms with van der Waals surface area (Å²) >= 11 is 0. The van der Waals surface area contributed by atoms with E-state index in [-0.39, 0.29) is 5.75 Å². The minimum absolute atomic E-state index is 0.267. The Hall–Kier alpha value is -0.130. The lowest BCUT2D eigenvalue weighted by Gasteiger charge is -2.39. The van der Waals surface area contributed by atoms with Crippen molar-refractivity contribution in [1.82, 2.24) is 10.2 Å². The van der Waals surface area contributed by atoms with Crippen molar-refractivity contribution in [1.29, 1.82) is 0 Å². The van der Waals surface area contributed by atoms with Crippen LogP contribution in [0.15, 0.2) is 0 Å². The number of hydrogen-bond acceptors (Lipinski definition) is 4. The molecule has 0 amide bonds. The van der Waals surface area contributed by atoms with Crippen LogP contribution in [0.25, 0.3) is 0 Å². The molecule has 1 saturated heterocycles. The SMILES string of the molecule is CCC(C)C1CNCCN1CCCS(=O)(=O)CC. The van der Waals surface area contributed by atoms with Crippen molar-refractivity contribution in [3.05, 3.63) is 0 Å². The molecule has 0 spiro atoms. The quantitative estimate of drug-likeness (QED) is 0.757. The fourth-order valence-electron chi connectivity index (χ4n) is 2.51. The van der Waals surface area contributed by atoms with Crippen LogP contribution in [0.5, 0.6) is 0 Å². The number of nitrogens with zero attached hydrogens (tertiary/aromatic N) is 1. The predicted octanol–water partition coefficient (Wildman–Crippen LogP) is 1.13. The fourth-order valence-corrected chi connectivity index (χ4v) is 3.37. The third-order valence-corrected chi connectivity index (χ3v) is 5.83. The molecular formula is C13H28N2O2S. The molecule has 1 aliphatic rings. The van der Waals surface area contributed by atoms with Crippen molar-refractivity contribution in [2.45, 2.75) is 39.7 Å². The van der Waals surface area contributed by atoms with E-state index in [4.69, 9.17) is 0 Å². The van der Waals surface area contributed by atoms with Crippen molar-refractivity contribution in [2.75, 3.05) is 37.7 Å². The van der Waals surface area contributed by atoms with Gasteiger partial charge in [-0.05, 0) is 18.9 Å². The summed E-state index contributed by atoms with van der Waals surface area (Å²) < 4.78 is 23.0. The van der Waals surface area contributed by atoms with Crippen LogP contribution in [-0.2, 0) is 9.84 Å². The molecule has 5 heteroatoms. The lowest BCUT2D eigenvalue weighted by atomic mass is 9.96. The van der Waals surface area contributed by atoms with E-state index in [1.807, 2.05) is 0 Å². The third kappa shape index (κ3) is 4.86. The van der Waals surface area contributed by atoms with Crippen LogP contribution in [-0.4, -0.2) is 57.0 Å². The van der Waals surface area contributed by atoms with E-state index in [0.717, 1.165) is 32.6 Å². The standard InChI is InChI=1S/C13H28N2O2S/c1-4-12(3)13-11-14-7-9-15(13)8-6-10-18(16,17)5-2/h12-14H,4-11H2,1-3H3. The third-order valence-electron chi connectivity index (χ3n) is 4.04. The molecule has 1 fully saturated rings. The molecule has 18 heavy (non-hydrogen) atoms. The zero-order valence-corrected chi connectivity index (χ0v) is 12.8. The summed E-state index contributed by atoms with van der Waals surface area (Å²) in [4.78, 5) is 2.47. The predicted molar refractivity (Wildman–Crippen MR) is 76.6 cm³/mol. The van der Waals surface area contributed by atoms with Crippen molar-refractivity contribution in [2.24, 2.45) is 5.92 Å². The molecule has 4 nitrogen and oxygen atoms in total. The van der Waals surface area contributed by atoms with Crippen LogP contribution < -0.4 is 5.32 Å². The maximum Gasteiger partial charge on any atom is 0.150 e. The number of piperazine rings is 1. The first-order chi connectivity index (χ1) is 8.50. The van der Waals surface area contributed by atoms with E-state index < -0.39 is 9.84 Å². The average Bonchev–Trinajstić information content (AvgIpc) is 2.38. The summed E-state index contributed by atoms with van der Waals surface area (Å²) in [5, 5.41) is 3.44. The maximum absolute atomic E-state index is 11.5.